The lowest BCUT2D eigenvalue weighted by Crippen LogP contribution is -2.47. The molecule has 94 heavy (non-hydrogen) atoms. The van der Waals surface area contributed by atoms with Crippen LogP contribution in [-0.4, -0.2) is 164 Å². The van der Waals surface area contributed by atoms with Gasteiger partial charge in [-0.25, -0.2) is 19.2 Å². The van der Waals surface area contributed by atoms with Gasteiger partial charge in [0.2, 0.25) is 11.8 Å². The van der Waals surface area contributed by atoms with E-state index in [0.29, 0.717) is 56.3 Å². The van der Waals surface area contributed by atoms with Gasteiger partial charge in [0.15, 0.2) is 6.79 Å². The van der Waals surface area contributed by atoms with Crippen molar-refractivity contribution in [3.8, 4) is 0 Å². The molecule has 0 spiro atoms. The van der Waals surface area contributed by atoms with Crippen molar-refractivity contribution in [2.75, 3.05) is 59.8 Å². The molecule has 536 valence electrons. The molecule has 5 unspecified atom stereocenters. The predicted octanol–water partition coefficient (Wildman–Crippen LogP) is 10.5. The second-order valence-electron chi connectivity index (χ2n) is 26.4. The minimum absolute atomic E-state index is 0.00263. The number of methoxy groups -OCH3 is 1. The van der Waals surface area contributed by atoms with E-state index in [1.54, 1.807) is 57.5 Å². The molecule has 2 heterocycles. The second kappa shape index (κ2) is 49.7. The van der Waals surface area contributed by atoms with Gasteiger partial charge in [-0.3, -0.25) is 38.0 Å². The summed E-state index contributed by atoms with van der Waals surface area (Å²) in [6.45, 7) is 51.6. The lowest BCUT2D eigenvalue weighted by molar-refractivity contribution is -0.363. The monoisotopic (exact) mass is 1340 g/mol. The second-order valence-corrected chi connectivity index (χ2v) is 26.4. The summed E-state index contributed by atoms with van der Waals surface area (Å²) < 4.78 is 40.3. The van der Waals surface area contributed by atoms with Crippen molar-refractivity contribution in [2.45, 2.75) is 182 Å². The van der Waals surface area contributed by atoms with Crippen molar-refractivity contribution in [3.63, 3.8) is 0 Å². The maximum absolute atomic E-state index is 14.0. The van der Waals surface area contributed by atoms with E-state index in [1.807, 2.05) is 83.1 Å². The van der Waals surface area contributed by atoms with Gasteiger partial charge in [-0.15, -0.1) is 0 Å². The van der Waals surface area contributed by atoms with Crippen molar-refractivity contribution in [3.05, 3.63) is 61.9 Å². The van der Waals surface area contributed by atoms with Crippen molar-refractivity contribution in [1.82, 2.24) is 9.80 Å². The number of hydrogen-bond acceptors (Lipinski definition) is 19. The fourth-order valence-corrected chi connectivity index (χ4v) is 8.07. The highest BCUT2D eigenvalue weighted by molar-refractivity contribution is 5.92. The van der Waals surface area contributed by atoms with Gasteiger partial charge < -0.3 is 53.2 Å². The lowest BCUT2D eigenvalue weighted by atomic mass is 9.71. The molecule has 24 heteroatoms. The molecule has 0 aromatic heterocycles. The normalized spacial score (nSPS) is 14.4. The molecule has 2 aliphatic heterocycles. The van der Waals surface area contributed by atoms with Crippen molar-refractivity contribution < 1.29 is 105 Å². The number of likely N-dealkylation sites (tertiary alicyclic amines) is 2. The van der Waals surface area contributed by atoms with Gasteiger partial charge in [-0.2, -0.15) is 0 Å². The van der Waals surface area contributed by atoms with Crippen LogP contribution in [0.15, 0.2) is 61.9 Å². The van der Waals surface area contributed by atoms with Crippen LogP contribution < -0.4 is 0 Å². The molecule has 24 nitrogen and oxygen atoms in total. The Labute approximate surface area is 559 Å². The number of esters is 7. The van der Waals surface area contributed by atoms with Crippen LogP contribution in [-0.2, 0) is 95.1 Å². The number of carbonyl (C=O) groups is 12. The highest BCUT2D eigenvalue weighted by Crippen LogP contribution is 2.41. The molecule has 2 N–H and O–H groups in total. The van der Waals surface area contributed by atoms with Crippen molar-refractivity contribution >= 4 is 78.3 Å². The molecule has 0 aliphatic carbocycles. The first kappa shape index (κ1) is 92.6. The third-order valence-electron chi connectivity index (χ3n) is 13.1. The Bertz CT molecular complexity index is 2480. The molecule has 0 aromatic rings. The number of carboxylic acid groups (broad SMARTS) is 2. The summed E-state index contributed by atoms with van der Waals surface area (Å²) in [4.78, 5) is 145. The van der Waals surface area contributed by atoms with E-state index in [9.17, 15) is 62.6 Å². The summed E-state index contributed by atoms with van der Waals surface area (Å²) in [5.41, 5.74) is -1.75. The Kier molecular flexibility index (Phi) is 49.0. The van der Waals surface area contributed by atoms with Gasteiger partial charge in [-0.05, 0) is 115 Å². The zero-order valence-electron chi connectivity index (χ0n) is 59.9. The predicted molar refractivity (Wildman–Crippen MR) is 356 cm³/mol. The maximum Gasteiger partial charge on any atom is 0.607 e. The molecular weight excluding hydrogens is 1220 g/mol. The zero-order chi connectivity index (χ0) is 73.8. The molecule has 0 radical (unpaired) electrons. The van der Waals surface area contributed by atoms with Gasteiger partial charge in [0.1, 0.15) is 0 Å². The largest absolute Gasteiger partial charge is 0.607 e. The van der Waals surface area contributed by atoms with Gasteiger partial charge in [0, 0.05) is 55.8 Å². The molecule has 5 atom stereocenters. The third kappa shape index (κ3) is 44.7. The summed E-state index contributed by atoms with van der Waals surface area (Å²) >= 11 is 0. The topological polar surface area (TPSA) is 328 Å². The molecule has 2 fully saturated rings. The summed E-state index contributed by atoms with van der Waals surface area (Å²) in [5.74, 6) is -8.42. The Morgan fingerprint density at radius 1 is 0.574 bits per heavy atom. The van der Waals surface area contributed by atoms with E-state index in [-0.39, 0.29) is 99.3 Å². The minimum atomic E-state index is -1.45. The highest BCUT2D eigenvalue weighted by atomic mass is 16.6. The quantitative estimate of drug-likeness (QED) is 0.0267. The molecule has 0 bridgehead atoms. The number of ether oxygens (including phenoxy) is 7. The van der Waals surface area contributed by atoms with E-state index in [0.717, 1.165) is 31.2 Å². The van der Waals surface area contributed by atoms with E-state index in [1.165, 1.54) is 7.11 Å². The zero-order valence-corrected chi connectivity index (χ0v) is 59.9. The standard InChI is InChI=1S/C36H61NO11.C12H20O4.C8H14O2.C6H9NO.C5H7O2.C3H4O2/c1-22(2)19-46-31(41)25(7)28(32(42)47-20-23(3)4)18-36(10,34(44)48-21-24(5)6)17-27(37-14-12-13-29(37)38)15-26(30(39)40)16-35(8,9)33(43)45-11;1-9(2)7-15-11(13)5-6-12(14)16-8-10(3)4;1-6(2)5-10-8(9)7(3)4;1-2-7-5-3-4-6(7)8;1-4(2)5(6)7-3;1-2-3(4)5/h22-28H,12-21H2,1-11H3,(H,39,40);5-6,9-10H,7-8H2,1-4H3;6H,3,5H2,1-2,4H3;2H,1,3-5H2;1,3H2,2H3;2H,1H2,(H,4,5)/q;;;;+1;/b;6-5+;;;;. The minimum Gasteiger partial charge on any atom is -0.481 e. The Morgan fingerprint density at radius 3 is 1.32 bits per heavy atom. The van der Waals surface area contributed by atoms with E-state index < -0.39 is 88.3 Å². The number of hydrogen-bond donors (Lipinski definition) is 2. The average Bonchev–Trinajstić information content (AvgIpc) is 1.14. The van der Waals surface area contributed by atoms with Crippen LogP contribution in [0.2, 0.25) is 0 Å². The summed E-state index contributed by atoms with van der Waals surface area (Å²) in [6.07, 6.45) is 6.82. The van der Waals surface area contributed by atoms with Crippen LogP contribution in [0.1, 0.15) is 176 Å². The number of rotatable bonds is 33. The molecule has 0 aromatic carbocycles. The van der Waals surface area contributed by atoms with Gasteiger partial charge in [-0.1, -0.05) is 116 Å². The molecule has 2 aliphatic rings. The van der Waals surface area contributed by atoms with Gasteiger partial charge >= 0.3 is 59.7 Å². The molecular formula is C70H115N2O22+. The maximum atomic E-state index is 14.0. The number of carboxylic acids is 2. The van der Waals surface area contributed by atoms with Gasteiger partial charge in [0.25, 0.3) is 0 Å². The average molecular weight is 1340 g/mol. The first-order valence-corrected chi connectivity index (χ1v) is 31.7. The molecule has 2 rings (SSSR count). The van der Waals surface area contributed by atoms with Crippen LogP contribution in [0.25, 0.3) is 0 Å². The fraction of sp³-hybridized carbons (Fsp3) is 0.671. The van der Waals surface area contributed by atoms with Crippen LogP contribution >= 0.6 is 0 Å². The van der Waals surface area contributed by atoms with E-state index in [2.05, 4.69) is 37.5 Å². The highest BCUT2D eigenvalue weighted by Gasteiger charge is 2.48. The molecule has 2 saturated heterocycles. The van der Waals surface area contributed by atoms with Crippen LogP contribution in [0.3, 0.4) is 0 Å². The Hall–Kier alpha value is -7.79. The number of nitrogens with zero attached hydrogens (tertiary/aromatic N) is 2. The van der Waals surface area contributed by atoms with Crippen molar-refractivity contribution in [1.29, 1.82) is 0 Å². The van der Waals surface area contributed by atoms with Crippen molar-refractivity contribution in [2.24, 2.45) is 64.1 Å². The number of aliphatic carboxylic acids is 2. The van der Waals surface area contributed by atoms with Crippen LogP contribution in [0.5, 0.6) is 0 Å². The van der Waals surface area contributed by atoms with Crippen LogP contribution in [0.4, 0.5) is 0 Å². The third-order valence-corrected chi connectivity index (χ3v) is 13.1. The first-order chi connectivity index (χ1) is 43.4. The smallest absolute Gasteiger partial charge is 0.481 e. The van der Waals surface area contributed by atoms with E-state index in [4.69, 9.17) is 38.3 Å². The van der Waals surface area contributed by atoms with Crippen LogP contribution in [0, 0.1) is 64.1 Å². The summed E-state index contributed by atoms with van der Waals surface area (Å²) in [7, 11) is 1.24. The Morgan fingerprint density at radius 2 is 0.989 bits per heavy atom. The van der Waals surface area contributed by atoms with Gasteiger partial charge in [0.05, 0.1) is 85.7 Å². The fourth-order valence-electron chi connectivity index (χ4n) is 8.07. The summed E-state index contributed by atoms with van der Waals surface area (Å²) in [6, 6.07) is -0.748. The first-order valence-electron chi connectivity index (χ1n) is 31.7. The summed E-state index contributed by atoms with van der Waals surface area (Å²) in [5, 5.41) is 17.9. The SMILES string of the molecule is C=C(C)C(=O)OCC(C)C.C=CC(=O)O.C=CN1CCCC1=O.C=[O+]C(=O)C(=C)C.CC(C)COC(=O)/C=C/C(=O)OCC(C)C.COC(=O)C(C)(C)CC(CC(CC(C)(CC(C(=O)OCC(C)C)C(C)C(=O)OCC(C)C)C(=O)OCC(C)C)N1CCCC1=O)C(=O)O. The molecule has 0 saturated carbocycles. The Balaban J connectivity index is -0.000000697. The van der Waals surface area contributed by atoms with E-state index >= 15 is 0 Å². The lowest BCUT2D eigenvalue weighted by Gasteiger charge is -2.39. The number of carbonyl (C=O) groups excluding carboxylic acids is 11. The molecule has 2 amide bonds. The number of amides is 2.